The van der Waals surface area contributed by atoms with Gasteiger partial charge < -0.3 is 9.29 Å². The first-order valence-corrected chi connectivity index (χ1v) is 10.3. The maximum atomic E-state index is 12.9. The molecule has 0 aliphatic carbocycles. The molecule has 0 bridgehead atoms. The molecular weight excluding hydrogens is 346 g/mol. The van der Waals surface area contributed by atoms with E-state index in [1.165, 1.54) is 6.42 Å². The highest BCUT2D eigenvalue weighted by Crippen LogP contribution is 2.25. The standard InChI is InChI=1S/C20H25N3O2S/c1-4-5-8-13-25-19-11-12-21-17(15(19)2)14-26(24)20-22-16-9-6-7-10-18(16)23(20)3/h6-7,9-12H,4-5,8,13-14H2,1-3H3/t26-/m0/s1. The lowest BCUT2D eigenvalue weighted by Crippen LogP contribution is -2.13. The van der Waals surface area contributed by atoms with Gasteiger partial charge in [-0.25, -0.2) is 0 Å². The van der Waals surface area contributed by atoms with Crippen LogP contribution < -0.4 is 4.74 Å². The summed E-state index contributed by atoms with van der Waals surface area (Å²) in [5.74, 6) is 1.16. The number of unbranched alkanes of at least 4 members (excludes halogenated alkanes) is 2. The van der Waals surface area contributed by atoms with Crippen LogP contribution >= 0.6 is 0 Å². The Kier molecular flexibility index (Phi) is 6.16. The molecule has 5 nitrogen and oxygen atoms in total. The van der Waals surface area contributed by atoms with Crippen LogP contribution in [0.15, 0.2) is 41.7 Å². The Hall–Kier alpha value is -2.05. The van der Waals surface area contributed by atoms with E-state index < -0.39 is 11.2 Å². The van der Waals surface area contributed by atoms with Crippen molar-refractivity contribution >= 4 is 22.2 Å². The fourth-order valence-corrected chi connectivity index (χ4v) is 4.18. The quantitative estimate of drug-likeness (QED) is 0.441. The summed E-state index contributed by atoms with van der Waals surface area (Å²) in [4.78, 5) is 8.96. The minimum absolute atomic E-state index is 0.329. The first kappa shape index (κ1) is 18.7. The number of rotatable bonds is 8. The molecule has 0 amide bonds. The van der Waals surface area contributed by atoms with Crippen LogP contribution in [0.25, 0.3) is 11.0 Å². The molecule has 0 saturated heterocycles. The molecule has 2 heterocycles. The zero-order chi connectivity index (χ0) is 18.5. The minimum Gasteiger partial charge on any atom is -0.609 e. The molecule has 26 heavy (non-hydrogen) atoms. The van der Waals surface area contributed by atoms with Crippen molar-refractivity contribution in [3.63, 3.8) is 0 Å². The molecule has 0 spiro atoms. The van der Waals surface area contributed by atoms with Gasteiger partial charge >= 0.3 is 5.16 Å². The number of ether oxygens (including phenoxy) is 1. The van der Waals surface area contributed by atoms with Gasteiger partial charge in [0.25, 0.3) is 0 Å². The van der Waals surface area contributed by atoms with Gasteiger partial charge in [-0.1, -0.05) is 31.9 Å². The smallest absolute Gasteiger partial charge is 0.324 e. The van der Waals surface area contributed by atoms with Gasteiger partial charge in [0, 0.05) is 30.0 Å². The van der Waals surface area contributed by atoms with Crippen LogP contribution in [0.4, 0.5) is 0 Å². The predicted molar refractivity (Wildman–Crippen MR) is 105 cm³/mol. The number of fused-ring (bicyclic) bond motifs is 1. The van der Waals surface area contributed by atoms with Crippen LogP contribution in [-0.2, 0) is 24.0 Å². The molecule has 1 aromatic carbocycles. The summed E-state index contributed by atoms with van der Waals surface area (Å²) in [6.45, 7) is 4.85. The summed E-state index contributed by atoms with van der Waals surface area (Å²) in [5.41, 5.74) is 3.59. The number of aryl methyl sites for hydroxylation is 1. The number of aromatic nitrogens is 3. The van der Waals surface area contributed by atoms with Gasteiger partial charge in [0.05, 0.1) is 23.3 Å². The molecule has 3 rings (SSSR count). The third-order valence-corrected chi connectivity index (χ3v) is 5.79. The van der Waals surface area contributed by atoms with Gasteiger partial charge in [-0.3, -0.25) is 9.55 Å². The van der Waals surface area contributed by atoms with E-state index in [4.69, 9.17) is 4.74 Å². The van der Waals surface area contributed by atoms with Crippen molar-refractivity contribution in [1.29, 1.82) is 0 Å². The third-order valence-electron chi connectivity index (χ3n) is 4.48. The van der Waals surface area contributed by atoms with Crippen LogP contribution in [0.2, 0.25) is 0 Å². The van der Waals surface area contributed by atoms with E-state index in [0.29, 0.717) is 17.5 Å². The van der Waals surface area contributed by atoms with Crippen LogP contribution in [0.1, 0.15) is 37.4 Å². The van der Waals surface area contributed by atoms with Crippen LogP contribution in [-0.4, -0.2) is 25.7 Å². The molecule has 0 radical (unpaired) electrons. The zero-order valence-corrected chi connectivity index (χ0v) is 16.4. The molecule has 1 atom stereocenters. The molecular formula is C20H25N3O2S. The van der Waals surface area contributed by atoms with Gasteiger partial charge in [-0.15, -0.1) is 0 Å². The molecule has 2 aromatic heterocycles. The Morgan fingerprint density at radius 2 is 2.00 bits per heavy atom. The van der Waals surface area contributed by atoms with Gasteiger partial charge in [-0.2, -0.15) is 4.98 Å². The molecule has 0 unspecified atom stereocenters. The van der Waals surface area contributed by atoms with E-state index in [0.717, 1.165) is 40.9 Å². The summed E-state index contributed by atoms with van der Waals surface area (Å²) in [6.07, 6.45) is 5.09. The van der Waals surface area contributed by atoms with E-state index >= 15 is 0 Å². The summed E-state index contributed by atoms with van der Waals surface area (Å²) in [7, 11) is 1.90. The highest BCUT2D eigenvalue weighted by atomic mass is 32.2. The number of imidazole rings is 1. The SMILES string of the molecule is CCCCCOc1ccnc(C[S@+]([O-])c2nc3ccccc3n2C)c1C. The van der Waals surface area contributed by atoms with E-state index in [1.807, 2.05) is 48.9 Å². The highest BCUT2D eigenvalue weighted by Gasteiger charge is 2.22. The maximum Gasteiger partial charge on any atom is 0.324 e. The van der Waals surface area contributed by atoms with E-state index in [1.54, 1.807) is 6.20 Å². The lowest BCUT2D eigenvalue weighted by atomic mass is 10.2. The zero-order valence-electron chi connectivity index (χ0n) is 15.6. The van der Waals surface area contributed by atoms with Gasteiger partial charge in [0.15, 0.2) is 5.75 Å². The Labute approximate surface area is 157 Å². The Morgan fingerprint density at radius 1 is 1.19 bits per heavy atom. The van der Waals surface area contributed by atoms with Crippen LogP contribution in [0.5, 0.6) is 5.75 Å². The number of pyridine rings is 1. The number of nitrogens with zero attached hydrogens (tertiary/aromatic N) is 3. The molecule has 0 fully saturated rings. The lowest BCUT2D eigenvalue weighted by molar-refractivity contribution is 0.303. The fraction of sp³-hybridized carbons (Fsp3) is 0.400. The van der Waals surface area contributed by atoms with Gasteiger partial charge in [-0.05, 0) is 31.5 Å². The summed E-state index contributed by atoms with van der Waals surface area (Å²) in [5, 5.41) is 0.571. The predicted octanol–water partition coefficient (Wildman–Crippen LogP) is 4.15. The lowest BCUT2D eigenvalue weighted by Gasteiger charge is -2.13. The summed E-state index contributed by atoms with van der Waals surface area (Å²) in [6, 6.07) is 9.69. The Balaban J connectivity index is 1.76. The highest BCUT2D eigenvalue weighted by molar-refractivity contribution is 7.90. The fourth-order valence-electron chi connectivity index (χ4n) is 2.91. The second-order valence-electron chi connectivity index (χ2n) is 6.37. The Morgan fingerprint density at radius 3 is 2.77 bits per heavy atom. The number of para-hydroxylation sites is 2. The first-order valence-electron chi connectivity index (χ1n) is 8.99. The van der Waals surface area contributed by atoms with Crippen molar-refractivity contribution in [2.45, 2.75) is 44.0 Å². The van der Waals surface area contributed by atoms with Crippen molar-refractivity contribution in [1.82, 2.24) is 14.5 Å². The molecule has 0 aliphatic rings. The van der Waals surface area contributed by atoms with Crippen molar-refractivity contribution in [2.75, 3.05) is 6.61 Å². The molecule has 3 aromatic rings. The normalized spacial score (nSPS) is 12.5. The van der Waals surface area contributed by atoms with Crippen LogP contribution in [0.3, 0.4) is 0 Å². The van der Waals surface area contributed by atoms with Gasteiger partial charge in [0.1, 0.15) is 5.75 Å². The summed E-state index contributed by atoms with van der Waals surface area (Å²) < 4.78 is 20.7. The summed E-state index contributed by atoms with van der Waals surface area (Å²) >= 11 is -1.27. The topological polar surface area (TPSA) is 63.0 Å². The van der Waals surface area contributed by atoms with Crippen molar-refractivity contribution < 1.29 is 9.29 Å². The second kappa shape index (κ2) is 8.56. The molecule has 138 valence electrons. The number of hydrogen-bond acceptors (Lipinski definition) is 4. The van der Waals surface area contributed by atoms with Gasteiger partial charge in [0.2, 0.25) is 0 Å². The average Bonchev–Trinajstić information content (AvgIpc) is 2.99. The molecule has 6 heteroatoms. The first-order chi connectivity index (χ1) is 12.6. The van der Waals surface area contributed by atoms with Crippen molar-refractivity contribution in [2.24, 2.45) is 7.05 Å². The van der Waals surface area contributed by atoms with E-state index in [-0.39, 0.29) is 0 Å². The van der Waals surface area contributed by atoms with E-state index in [2.05, 4.69) is 16.9 Å². The average molecular weight is 372 g/mol. The monoisotopic (exact) mass is 371 g/mol. The minimum atomic E-state index is -1.27. The van der Waals surface area contributed by atoms with E-state index in [9.17, 15) is 4.55 Å². The third kappa shape index (κ3) is 4.02. The maximum absolute atomic E-state index is 12.9. The number of benzene rings is 1. The van der Waals surface area contributed by atoms with Crippen LogP contribution in [0, 0.1) is 6.92 Å². The Bertz CT molecular complexity index is 879. The second-order valence-corrected chi connectivity index (χ2v) is 7.71. The largest absolute Gasteiger partial charge is 0.609 e. The molecule has 0 aliphatic heterocycles. The molecule has 0 N–H and O–H groups in total. The van der Waals surface area contributed by atoms with Crippen molar-refractivity contribution in [3.8, 4) is 5.75 Å². The number of hydrogen-bond donors (Lipinski definition) is 0. The molecule has 0 saturated carbocycles. The van der Waals surface area contributed by atoms with Crippen molar-refractivity contribution in [3.05, 3.63) is 47.8 Å².